The van der Waals surface area contributed by atoms with Crippen LogP contribution in [-0.4, -0.2) is 23.7 Å². The molecule has 0 aliphatic heterocycles. The van der Waals surface area contributed by atoms with Crippen molar-refractivity contribution in [1.82, 2.24) is 23.7 Å². The second-order valence-electron chi connectivity index (χ2n) is 15.3. The second kappa shape index (κ2) is 12.2. The van der Waals surface area contributed by atoms with E-state index in [2.05, 4.69) is 202 Å². The number of benzene rings is 9. The predicted molar refractivity (Wildman–Crippen MR) is 245 cm³/mol. The van der Waals surface area contributed by atoms with Crippen LogP contribution in [0.5, 0.6) is 0 Å². The SMILES string of the molecule is c1ccc(-n2c3ccccc3c3c4c5ccccc5n(-c5cccc6c5c5ccccc5n6-c5nc6ccccc6nc5-c5cccc6ccccc56)c4ccc32)cc1. The van der Waals surface area contributed by atoms with Crippen molar-refractivity contribution < 1.29 is 0 Å². The van der Waals surface area contributed by atoms with Gasteiger partial charge in [0.15, 0.2) is 5.82 Å². The zero-order valence-electron chi connectivity index (χ0n) is 31.8. The maximum Gasteiger partial charge on any atom is 0.165 e. The van der Waals surface area contributed by atoms with E-state index in [1.165, 1.54) is 43.5 Å². The van der Waals surface area contributed by atoms with Gasteiger partial charge in [0.25, 0.3) is 0 Å². The van der Waals surface area contributed by atoms with Crippen molar-refractivity contribution in [2.45, 2.75) is 0 Å². The molecule has 0 N–H and O–H groups in total. The third-order valence-corrected chi connectivity index (χ3v) is 12.2. The second-order valence-corrected chi connectivity index (χ2v) is 15.3. The van der Waals surface area contributed by atoms with Crippen LogP contribution < -0.4 is 0 Å². The lowest BCUT2D eigenvalue weighted by Gasteiger charge is -2.15. The molecule has 0 saturated carbocycles. The molecule has 4 aromatic heterocycles. The number of nitrogens with zero attached hydrogens (tertiary/aromatic N) is 5. The quantitative estimate of drug-likeness (QED) is 0.180. The molecule has 13 aromatic rings. The van der Waals surface area contributed by atoms with Crippen molar-refractivity contribution in [1.29, 1.82) is 0 Å². The highest BCUT2D eigenvalue weighted by Crippen LogP contribution is 2.45. The first-order valence-electron chi connectivity index (χ1n) is 20.1. The molecular formula is C54H33N5. The van der Waals surface area contributed by atoms with Gasteiger partial charge < -0.3 is 9.13 Å². The molecule has 5 nitrogen and oxygen atoms in total. The van der Waals surface area contributed by atoms with Gasteiger partial charge in [-0.05, 0) is 77.5 Å². The maximum absolute atomic E-state index is 5.48. The Labute approximate surface area is 338 Å². The summed E-state index contributed by atoms with van der Waals surface area (Å²) in [6, 6.07) is 71.7. The summed E-state index contributed by atoms with van der Waals surface area (Å²) in [5, 5.41) is 9.62. The van der Waals surface area contributed by atoms with Gasteiger partial charge in [0.1, 0.15) is 5.69 Å². The van der Waals surface area contributed by atoms with Gasteiger partial charge in [-0.25, -0.2) is 9.97 Å². The summed E-state index contributed by atoms with van der Waals surface area (Å²) < 4.78 is 7.22. The Morgan fingerprint density at radius 1 is 0.305 bits per heavy atom. The average Bonchev–Trinajstić information content (AvgIpc) is 3.94. The van der Waals surface area contributed by atoms with Crippen LogP contribution in [0.15, 0.2) is 200 Å². The summed E-state index contributed by atoms with van der Waals surface area (Å²) >= 11 is 0. The minimum absolute atomic E-state index is 0.807. The van der Waals surface area contributed by atoms with Crippen molar-refractivity contribution in [2.75, 3.05) is 0 Å². The molecule has 9 aromatic carbocycles. The maximum atomic E-state index is 5.48. The lowest BCUT2D eigenvalue weighted by Crippen LogP contribution is -2.04. The lowest BCUT2D eigenvalue weighted by atomic mass is 10.0. The molecule has 13 rings (SSSR count). The van der Waals surface area contributed by atoms with Crippen molar-refractivity contribution in [3.63, 3.8) is 0 Å². The molecule has 0 radical (unpaired) electrons. The lowest BCUT2D eigenvalue weighted by molar-refractivity contribution is 1.08. The molecule has 0 bridgehead atoms. The first kappa shape index (κ1) is 32.1. The van der Waals surface area contributed by atoms with E-state index in [-0.39, 0.29) is 0 Å². The zero-order valence-corrected chi connectivity index (χ0v) is 31.8. The molecular weight excluding hydrogens is 719 g/mol. The zero-order chi connectivity index (χ0) is 38.6. The van der Waals surface area contributed by atoms with Crippen molar-refractivity contribution in [2.24, 2.45) is 0 Å². The van der Waals surface area contributed by atoms with Crippen LogP contribution in [0.25, 0.3) is 116 Å². The van der Waals surface area contributed by atoms with E-state index in [0.29, 0.717) is 0 Å². The first-order valence-corrected chi connectivity index (χ1v) is 20.1. The van der Waals surface area contributed by atoms with Crippen LogP contribution in [0, 0.1) is 0 Å². The molecule has 0 fully saturated rings. The van der Waals surface area contributed by atoms with E-state index in [0.717, 1.165) is 72.2 Å². The molecule has 0 saturated heterocycles. The standard InChI is InChI=1S/C54H33N5/c1-2-18-35(19-3-1)57-43-27-11-7-22-39(43)51-48(57)32-33-49-52(51)40-23-8-12-28-44(40)58(49)46-30-15-31-47-50(46)38-21-6-13-29-45(38)59(47)54-53(55-41-25-9-10-26-42(41)56-54)37-24-14-17-34-16-4-5-20-36(34)37/h1-33H. The smallest absolute Gasteiger partial charge is 0.165 e. The van der Waals surface area contributed by atoms with Crippen LogP contribution in [0.4, 0.5) is 0 Å². The van der Waals surface area contributed by atoms with Gasteiger partial charge in [-0.3, -0.25) is 4.57 Å². The van der Waals surface area contributed by atoms with Crippen molar-refractivity contribution in [3.05, 3.63) is 200 Å². The number of fused-ring (bicyclic) bond motifs is 12. The fraction of sp³-hybridized carbons (Fsp3) is 0. The molecule has 0 atom stereocenters. The molecule has 0 amide bonds. The molecule has 0 spiro atoms. The largest absolute Gasteiger partial charge is 0.309 e. The van der Waals surface area contributed by atoms with Gasteiger partial charge in [-0.15, -0.1) is 0 Å². The van der Waals surface area contributed by atoms with E-state index >= 15 is 0 Å². The van der Waals surface area contributed by atoms with Gasteiger partial charge in [0.05, 0.1) is 49.8 Å². The Kier molecular flexibility index (Phi) is 6.66. The minimum atomic E-state index is 0.807. The number of para-hydroxylation sites is 6. The summed E-state index contributed by atoms with van der Waals surface area (Å²) in [5.74, 6) is 0.807. The van der Waals surface area contributed by atoms with E-state index in [4.69, 9.17) is 9.97 Å². The Balaban J connectivity index is 1.16. The highest BCUT2D eigenvalue weighted by Gasteiger charge is 2.25. The molecule has 0 unspecified atom stereocenters. The van der Waals surface area contributed by atoms with Crippen LogP contribution in [-0.2, 0) is 0 Å². The summed E-state index contributed by atoms with van der Waals surface area (Å²) in [6.07, 6.45) is 0. The fourth-order valence-corrected chi connectivity index (χ4v) is 9.81. The molecule has 59 heavy (non-hydrogen) atoms. The average molecular weight is 752 g/mol. The third kappa shape index (κ3) is 4.50. The van der Waals surface area contributed by atoms with Gasteiger partial charge >= 0.3 is 0 Å². The van der Waals surface area contributed by atoms with Gasteiger partial charge in [-0.1, -0.05) is 133 Å². The molecule has 0 aliphatic carbocycles. The minimum Gasteiger partial charge on any atom is -0.309 e. The summed E-state index contributed by atoms with van der Waals surface area (Å²) in [4.78, 5) is 10.9. The van der Waals surface area contributed by atoms with Crippen LogP contribution in [0.3, 0.4) is 0 Å². The van der Waals surface area contributed by atoms with E-state index in [9.17, 15) is 0 Å². The predicted octanol–water partition coefficient (Wildman–Crippen LogP) is 13.7. The normalized spacial score (nSPS) is 12.1. The van der Waals surface area contributed by atoms with E-state index in [1.54, 1.807) is 0 Å². The highest BCUT2D eigenvalue weighted by atomic mass is 15.1. The monoisotopic (exact) mass is 751 g/mol. The Bertz CT molecular complexity index is 3840. The Hall–Kier alpha value is -8.02. The van der Waals surface area contributed by atoms with Crippen molar-refractivity contribution in [3.8, 4) is 28.5 Å². The number of hydrogen-bond donors (Lipinski definition) is 0. The number of aromatic nitrogens is 5. The summed E-state index contributed by atoms with van der Waals surface area (Å²) in [7, 11) is 0. The highest BCUT2D eigenvalue weighted by molar-refractivity contribution is 6.29. The Morgan fingerprint density at radius 2 is 0.797 bits per heavy atom. The topological polar surface area (TPSA) is 40.6 Å². The molecule has 5 heteroatoms. The van der Waals surface area contributed by atoms with Crippen LogP contribution in [0.1, 0.15) is 0 Å². The first-order chi connectivity index (χ1) is 29.3. The number of hydrogen-bond acceptors (Lipinski definition) is 2. The van der Waals surface area contributed by atoms with E-state index < -0.39 is 0 Å². The van der Waals surface area contributed by atoms with Crippen LogP contribution in [0.2, 0.25) is 0 Å². The third-order valence-electron chi connectivity index (χ3n) is 12.2. The van der Waals surface area contributed by atoms with Gasteiger partial charge in [0.2, 0.25) is 0 Å². The summed E-state index contributed by atoms with van der Waals surface area (Å²) in [5.41, 5.74) is 12.8. The Morgan fingerprint density at radius 3 is 1.53 bits per heavy atom. The van der Waals surface area contributed by atoms with Gasteiger partial charge in [-0.2, -0.15) is 0 Å². The van der Waals surface area contributed by atoms with Crippen LogP contribution >= 0.6 is 0 Å². The molecule has 0 aliphatic rings. The number of rotatable bonds is 4. The van der Waals surface area contributed by atoms with E-state index in [1.807, 2.05) is 12.1 Å². The fourth-order valence-electron chi connectivity index (χ4n) is 9.81. The van der Waals surface area contributed by atoms with Gasteiger partial charge in [0, 0.05) is 43.6 Å². The van der Waals surface area contributed by atoms with Crippen molar-refractivity contribution >= 4 is 87.2 Å². The summed E-state index contributed by atoms with van der Waals surface area (Å²) in [6.45, 7) is 0. The molecule has 4 heterocycles. The molecule has 274 valence electrons.